The van der Waals surface area contributed by atoms with Gasteiger partial charge in [-0.1, -0.05) is 201 Å². The molecule has 0 rings (SSSR count). The molecule has 0 aromatic heterocycles. The zero-order valence-electron chi connectivity index (χ0n) is 33.8. The van der Waals surface area contributed by atoms with Gasteiger partial charge in [0.25, 0.3) is 0 Å². The fourth-order valence-electron chi connectivity index (χ4n) is 7.63. The van der Waals surface area contributed by atoms with Crippen LogP contribution in [0.15, 0.2) is 0 Å². The van der Waals surface area contributed by atoms with Crippen LogP contribution >= 0.6 is 0 Å². The molecular formula is C44H94N2+2. The van der Waals surface area contributed by atoms with Crippen LogP contribution in [0.4, 0.5) is 0 Å². The van der Waals surface area contributed by atoms with Crippen LogP contribution in [-0.4, -0.2) is 62.8 Å². The van der Waals surface area contributed by atoms with Crippen LogP contribution in [-0.2, 0) is 0 Å². The summed E-state index contributed by atoms with van der Waals surface area (Å²) in [6.45, 7) is 13.8. The highest BCUT2D eigenvalue weighted by molar-refractivity contribution is 4.53. The lowest BCUT2D eigenvalue weighted by atomic mass is 10.0. The highest BCUT2D eigenvalue weighted by atomic mass is 15.4. The van der Waals surface area contributed by atoms with Gasteiger partial charge in [0.15, 0.2) is 0 Å². The molecule has 278 valence electrons. The highest BCUT2D eigenvalue weighted by Gasteiger charge is 2.25. The standard InChI is InChI=1S/C44H94N2/c1-7-10-12-14-16-18-20-22-24-26-28-30-32-34-36-38-41-45(4,5)43-44-46(6,40-9-3)42-39-37-35-33-31-29-27-25-23-21-19-17-15-13-11-8-2/h7-44H2,1-6H3/q+2. The average Bonchev–Trinajstić information content (AvgIpc) is 3.03. The number of likely N-dealkylation sites (N-methyl/N-ethyl adjacent to an activating group) is 2. The number of quaternary nitrogens is 2. The molecule has 0 aromatic carbocycles. The summed E-state index contributed by atoms with van der Waals surface area (Å²) in [7, 11) is 7.55. The van der Waals surface area contributed by atoms with E-state index in [9.17, 15) is 0 Å². The van der Waals surface area contributed by atoms with Gasteiger partial charge in [-0.05, 0) is 32.1 Å². The van der Waals surface area contributed by atoms with E-state index in [1.54, 1.807) is 0 Å². The molecule has 0 heterocycles. The number of rotatable bonds is 39. The van der Waals surface area contributed by atoms with Crippen LogP contribution < -0.4 is 0 Å². The van der Waals surface area contributed by atoms with Gasteiger partial charge in [-0.25, -0.2) is 0 Å². The monoisotopic (exact) mass is 651 g/mol. The number of unbranched alkanes of at least 4 members (excludes halogenated alkanes) is 30. The molecule has 0 spiro atoms. The van der Waals surface area contributed by atoms with Gasteiger partial charge in [-0.3, -0.25) is 0 Å². The topological polar surface area (TPSA) is 0 Å². The van der Waals surface area contributed by atoms with E-state index in [1.807, 2.05) is 0 Å². The lowest BCUT2D eigenvalue weighted by Crippen LogP contribution is -2.53. The molecule has 0 aliphatic heterocycles. The van der Waals surface area contributed by atoms with Gasteiger partial charge >= 0.3 is 0 Å². The quantitative estimate of drug-likeness (QED) is 0.0459. The normalized spacial score (nSPS) is 13.4. The fourth-order valence-corrected chi connectivity index (χ4v) is 7.63. The molecule has 0 fully saturated rings. The van der Waals surface area contributed by atoms with Crippen LogP contribution in [0.3, 0.4) is 0 Å². The Labute approximate surface area is 294 Å². The largest absolute Gasteiger partial charge is 0.324 e. The van der Waals surface area contributed by atoms with E-state index in [4.69, 9.17) is 0 Å². The van der Waals surface area contributed by atoms with Gasteiger partial charge in [0.1, 0.15) is 13.1 Å². The van der Waals surface area contributed by atoms with Gasteiger partial charge in [0, 0.05) is 0 Å². The second kappa shape index (κ2) is 34.8. The van der Waals surface area contributed by atoms with Gasteiger partial charge < -0.3 is 8.97 Å². The maximum absolute atomic E-state index is 2.56. The maximum atomic E-state index is 2.56. The van der Waals surface area contributed by atoms with Crippen molar-refractivity contribution in [1.82, 2.24) is 0 Å². The van der Waals surface area contributed by atoms with E-state index in [-0.39, 0.29) is 0 Å². The first-order chi connectivity index (χ1) is 22.4. The zero-order chi connectivity index (χ0) is 33.9. The van der Waals surface area contributed by atoms with Crippen molar-refractivity contribution in [3.63, 3.8) is 0 Å². The Morgan fingerprint density at radius 1 is 0.217 bits per heavy atom. The van der Waals surface area contributed by atoms with Crippen LogP contribution in [0.5, 0.6) is 0 Å². The molecule has 1 atom stereocenters. The molecule has 2 nitrogen and oxygen atoms in total. The lowest BCUT2D eigenvalue weighted by molar-refractivity contribution is -0.955. The van der Waals surface area contributed by atoms with E-state index in [1.165, 1.54) is 254 Å². The smallest absolute Gasteiger partial charge is 0.128 e. The second-order valence-electron chi connectivity index (χ2n) is 16.8. The molecule has 0 bridgehead atoms. The Hall–Kier alpha value is -0.0800. The van der Waals surface area contributed by atoms with Crippen LogP contribution in [0.1, 0.15) is 233 Å². The van der Waals surface area contributed by atoms with Crippen molar-refractivity contribution in [2.75, 3.05) is 53.9 Å². The Kier molecular flexibility index (Phi) is 34.7. The highest BCUT2D eigenvalue weighted by Crippen LogP contribution is 2.17. The molecule has 0 amide bonds. The number of hydrogen-bond acceptors (Lipinski definition) is 0. The van der Waals surface area contributed by atoms with E-state index in [0.717, 1.165) is 0 Å². The molecule has 2 heteroatoms. The van der Waals surface area contributed by atoms with Crippen LogP contribution in [0, 0.1) is 0 Å². The molecule has 0 aromatic rings. The third-order valence-corrected chi connectivity index (χ3v) is 11.2. The van der Waals surface area contributed by atoms with E-state index in [0.29, 0.717) is 0 Å². The van der Waals surface area contributed by atoms with Crippen molar-refractivity contribution >= 4 is 0 Å². The van der Waals surface area contributed by atoms with E-state index < -0.39 is 0 Å². The SMILES string of the molecule is CCCCCCCCCCCCCCCCCC[N+](C)(C)CC[N+](C)(CCC)CCCCCCCCCCCCCCCCCC. The molecule has 46 heavy (non-hydrogen) atoms. The molecule has 0 aliphatic rings. The predicted molar refractivity (Wildman–Crippen MR) is 212 cm³/mol. The molecule has 0 aliphatic carbocycles. The lowest BCUT2D eigenvalue weighted by Gasteiger charge is -2.38. The number of nitrogens with zero attached hydrogens (tertiary/aromatic N) is 2. The van der Waals surface area contributed by atoms with Gasteiger partial charge in [-0.2, -0.15) is 0 Å². The third-order valence-electron chi connectivity index (χ3n) is 11.2. The Balaban J connectivity index is 3.71. The molecule has 0 saturated heterocycles. The molecule has 0 radical (unpaired) electrons. The first-order valence-electron chi connectivity index (χ1n) is 22.0. The molecule has 0 saturated carbocycles. The van der Waals surface area contributed by atoms with Gasteiger partial charge in [0.05, 0.1) is 40.8 Å². The maximum Gasteiger partial charge on any atom is 0.128 e. The molecule has 1 unspecified atom stereocenters. The van der Waals surface area contributed by atoms with Gasteiger partial charge in [0.2, 0.25) is 0 Å². The summed E-state index contributed by atoms with van der Waals surface area (Å²) in [5.41, 5.74) is 0. The van der Waals surface area contributed by atoms with Crippen LogP contribution in [0.25, 0.3) is 0 Å². The minimum absolute atomic E-state index is 1.22. The Morgan fingerprint density at radius 3 is 0.761 bits per heavy atom. The summed E-state index contributed by atoms with van der Waals surface area (Å²) in [5.74, 6) is 0. The summed E-state index contributed by atoms with van der Waals surface area (Å²) in [5, 5.41) is 0. The fraction of sp³-hybridized carbons (Fsp3) is 1.00. The van der Waals surface area contributed by atoms with Crippen molar-refractivity contribution in [1.29, 1.82) is 0 Å². The predicted octanol–water partition coefficient (Wildman–Crippen LogP) is 14.4. The Bertz CT molecular complexity index is 572. The Morgan fingerprint density at radius 2 is 0.478 bits per heavy atom. The van der Waals surface area contributed by atoms with Gasteiger partial charge in [-0.15, -0.1) is 0 Å². The minimum atomic E-state index is 1.22. The average molecular weight is 651 g/mol. The summed E-state index contributed by atoms with van der Waals surface area (Å²) < 4.78 is 2.52. The van der Waals surface area contributed by atoms with Crippen molar-refractivity contribution < 1.29 is 8.97 Å². The van der Waals surface area contributed by atoms with Crippen molar-refractivity contribution in [3.05, 3.63) is 0 Å². The summed E-state index contributed by atoms with van der Waals surface area (Å²) in [6, 6.07) is 0. The minimum Gasteiger partial charge on any atom is -0.324 e. The summed E-state index contributed by atoms with van der Waals surface area (Å²) >= 11 is 0. The first kappa shape index (κ1) is 45.9. The second-order valence-corrected chi connectivity index (χ2v) is 16.8. The van der Waals surface area contributed by atoms with Crippen molar-refractivity contribution in [2.45, 2.75) is 233 Å². The van der Waals surface area contributed by atoms with E-state index in [2.05, 4.69) is 41.9 Å². The number of hydrogen-bond donors (Lipinski definition) is 0. The van der Waals surface area contributed by atoms with E-state index >= 15 is 0 Å². The first-order valence-corrected chi connectivity index (χ1v) is 22.0. The van der Waals surface area contributed by atoms with Crippen molar-refractivity contribution in [3.8, 4) is 0 Å². The molecular weight excluding hydrogens is 556 g/mol. The summed E-state index contributed by atoms with van der Waals surface area (Å²) in [4.78, 5) is 0. The van der Waals surface area contributed by atoms with Crippen LogP contribution in [0.2, 0.25) is 0 Å². The van der Waals surface area contributed by atoms with Crippen molar-refractivity contribution in [2.24, 2.45) is 0 Å². The summed E-state index contributed by atoms with van der Waals surface area (Å²) in [6.07, 6.45) is 48.1. The third kappa shape index (κ3) is 33.8. The molecule has 0 N–H and O–H groups in total. The zero-order valence-corrected chi connectivity index (χ0v) is 33.8.